The predicted octanol–water partition coefficient (Wildman–Crippen LogP) is -5.69. The number of carbonyl (C=O) groups is 6. The first kappa shape index (κ1) is 91.7. The van der Waals surface area contributed by atoms with Crippen molar-refractivity contribution in [3.8, 4) is 0 Å². The number of hydrogen-bond acceptors (Lipinski definition) is 28. The molecule has 3 rings (SSSR count). The molecule has 0 saturated carbocycles. The maximum atomic E-state index is 12.7. The van der Waals surface area contributed by atoms with Crippen LogP contribution in [-0.2, 0) is 89.6 Å². The van der Waals surface area contributed by atoms with Gasteiger partial charge in [-0.3, -0.25) is 42.4 Å². The largest absolute Gasteiger partial charge is 0.469 e. The molecule has 40 nitrogen and oxygen atoms in total. The molecular weight excluding hydrogens is 1420 g/mol. The lowest BCUT2D eigenvalue weighted by Crippen LogP contribution is -2.59. The molecule has 0 aliphatic carbocycles. The van der Waals surface area contributed by atoms with Crippen molar-refractivity contribution < 1.29 is 165 Å². The van der Waals surface area contributed by atoms with E-state index in [9.17, 15) is 88.4 Å². The highest BCUT2D eigenvalue weighted by atomic mass is 31.2. The number of rotatable bonds is 54. The highest BCUT2D eigenvalue weighted by Gasteiger charge is 2.47. The first-order valence-corrected chi connectivity index (χ1v) is 38.8. The summed E-state index contributed by atoms with van der Waals surface area (Å²) in [5, 5.41) is 108. The number of ether oxygens (including phenoxy) is 9. The summed E-state index contributed by atoms with van der Waals surface area (Å²) in [4.78, 5) is 130. The summed E-state index contributed by atoms with van der Waals surface area (Å²) in [7, 11) is -13.8. The topological polar surface area (TPSA) is 622 Å². The summed E-state index contributed by atoms with van der Waals surface area (Å²) in [6.07, 6.45) is -21.0. The first-order valence-electron chi connectivity index (χ1n) is 33.6. The van der Waals surface area contributed by atoms with Crippen LogP contribution >= 0.6 is 23.0 Å². The number of carbonyl (C=O) groups excluding carboxylic acids is 6. The van der Waals surface area contributed by atoms with Crippen molar-refractivity contribution in [3.63, 3.8) is 0 Å². The molecule has 0 aromatic heterocycles. The van der Waals surface area contributed by atoms with Crippen LogP contribution in [0.25, 0.3) is 0 Å². The summed E-state index contributed by atoms with van der Waals surface area (Å²) in [6.45, 7) is 2.63. The molecule has 3 saturated heterocycles. The quantitative estimate of drug-likeness (QED) is 0.0199. The Morgan fingerprint density at radius 3 is 0.901 bits per heavy atom. The van der Waals surface area contributed by atoms with Gasteiger partial charge in [0, 0.05) is 103 Å². The number of nitrogens with one attached hydrogen (secondary N) is 6. The molecule has 101 heavy (non-hydrogen) atoms. The Balaban J connectivity index is 1.33. The van der Waals surface area contributed by atoms with E-state index >= 15 is 0 Å². The molecule has 0 bridgehead atoms. The molecule has 43 heteroatoms. The lowest BCUT2D eigenvalue weighted by Gasteiger charge is -2.40. The van der Waals surface area contributed by atoms with Crippen LogP contribution in [0.1, 0.15) is 116 Å². The summed E-state index contributed by atoms with van der Waals surface area (Å²) in [5.41, 5.74) is -0.827. The van der Waals surface area contributed by atoms with E-state index < -0.39 is 139 Å². The number of phosphoric ester groups is 1. The van der Waals surface area contributed by atoms with Crippen LogP contribution in [0.5, 0.6) is 0 Å². The van der Waals surface area contributed by atoms with Gasteiger partial charge < -0.3 is 150 Å². The standard InChI is InChI=1S/C58H109N6O34P3/c1-58(34-89-28-14-43(68)62-22-8-19-59-40(65)11-2-5-25-92-55-52(77)49(74)46(71)37(96-55)17-31-99(80,81)82,35-90-29-15-44(69)63-23-9-20-60-41(66)12-3-6-26-93-56-53(78)50(75)47(72)38(97-56)18-32-100(83,84)85)36-91-30-16-45(70)64-24-10-21-61-42(67)13-4-7-27-94-57-54(79)51(76)48(73)39(98-57)33-95-101(86,87)88/h37-39,46-57,71-79H,2-36H2,1H3,(H,59,65)(H,60,66)(H,61,67)(H,62,68)(H,63,69)(H,64,70)(H2,80,81,82)(H2,83,84,85)(H2,86,87,88). The van der Waals surface area contributed by atoms with Gasteiger partial charge >= 0.3 is 23.0 Å². The van der Waals surface area contributed by atoms with Crippen molar-refractivity contribution in [1.82, 2.24) is 31.9 Å². The van der Waals surface area contributed by atoms with E-state index in [0.29, 0.717) is 57.8 Å². The van der Waals surface area contributed by atoms with Crippen molar-refractivity contribution in [1.29, 1.82) is 0 Å². The third-order valence-electron chi connectivity index (χ3n) is 15.8. The second-order valence-electron chi connectivity index (χ2n) is 25.0. The predicted molar refractivity (Wildman–Crippen MR) is 347 cm³/mol. The minimum Gasteiger partial charge on any atom is -0.388 e. The van der Waals surface area contributed by atoms with E-state index in [1.807, 2.05) is 0 Å². The molecule has 3 aliphatic heterocycles. The van der Waals surface area contributed by atoms with E-state index in [4.69, 9.17) is 72.0 Å². The SMILES string of the molecule is CC(COCCC(=O)NCCCNC(=O)CCCCOC1OC(CCP(=O)(O)O)C(O)C(O)C1O)(COCCC(=O)NCCCNC(=O)CCCCOC1OC(CCP(=O)(O)O)C(O)C(O)C1O)COCCC(=O)NCCCNC(=O)CCCCOC1OC(COP(=O)(O)O)C(O)C(O)C1O. The average Bonchev–Trinajstić information content (AvgIpc) is 0.830. The molecule has 0 aromatic carbocycles. The van der Waals surface area contributed by atoms with Gasteiger partial charge in [0.1, 0.15) is 61.0 Å². The molecule has 0 aromatic rings. The number of aliphatic hydroxyl groups excluding tert-OH is 9. The maximum absolute atomic E-state index is 12.7. The van der Waals surface area contributed by atoms with Gasteiger partial charge in [-0.2, -0.15) is 0 Å². The summed E-state index contributed by atoms with van der Waals surface area (Å²) < 4.78 is 88.2. The third kappa shape index (κ3) is 40.2. The van der Waals surface area contributed by atoms with Crippen molar-refractivity contribution in [2.45, 2.75) is 208 Å². The molecular formula is C58H109N6O34P3. The Kier molecular flexibility index (Phi) is 44.2. The van der Waals surface area contributed by atoms with Crippen molar-refractivity contribution in [3.05, 3.63) is 0 Å². The van der Waals surface area contributed by atoms with Gasteiger partial charge in [0.25, 0.3) is 0 Å². The molecule has 3 heterocycles. The lowest BCUT2D eigenvalue weighted by molar-refractivity contribution is -0.300. The first-order chi connectivity index (χ1) is 47.6. The lowest BCUT2D eigenvalue weighted by atomic mass is 9.94. The van der Waals surface area contributed by atoms with E-state index in [1.165, 1.54) is 0 Å². The van der Waals surface area contributed by atoms with Gasteiger partial charge in [0.15, 0.2) is 18.9 Å². The van der Waals surface area contributed by atoms with Gasteiger partial charge in [-0.05, 0) is 70.6 Å². The highest BCUT2D eigenvalue weighted by molar-refractivity contribution is 7.52. The highest BCUT2D eigenvalue weighted by Crippen LogP contribution is 2.39. The molecule has 3 aliphatic rings. The van der Waals surface area contributed by atoms with Crippen LogP contribution in [0.15, 0.2) is 0 Å². The summed E-state index contributed by atoms with van der Waals surface area (Å²) >= 11 is 0. The van der Waals surface area contributed by atoms with E-state index in [-0.39, 0.29) is 186 Å². The van der Waals surface area contributed by atoms with Crippen molar-refractivity contribution in [2.75, 3.05) is 118 Å². The van der Waals surface area contributed by atoms with E-state index in [1.54, 1.807) is 6.92 Å². The summed E-state index contributed by atoms with van der Waals surface area (Å²) in [5.74, 6) is -1.78. The van der Waals surface area contributed by atoms with Gasteiger partial charge in [-0.25, -0.2) is 4.57 Å². The Bertz CT molecular complexity index is 2300. The summed E-state index contributed by atoms with van der Waals surface area (Å²) in [6, 6.07) is 0. The maximum Gasteiger partial charge on any atom is 0.469 e. The van der Waals surface area contributed by atoms with E-state index in [2.05, 4.69) is 36.4 Å². The van der Waals surface area contributed by atoms with Crippen LogP contribution in [-0.4, -0.2) is 321 Å². The molecule has 0 spiro atoms. The fourth-order valence-electron chi connectivity index (χ4n) is 10.0. The van der Waals surface area contributed by atoms with Crippen LogP contribution in [0.3, 0.4) is 0 Å². The average molecular weight is 1530 g/mol. The molecule has 15 atom stereocenters. The second kappa shape index (κ2) is 48.7. The van der Waals surface area contributed by atoms with Gasteiger partial charge in [0.2, 0.25) is 35.4 Å². The fourth-order valence-corrected chi connectivity index (χ4v) is 11.6. The van der Waals surface area contributed by atoms with Crippen LogP contribution in [0.2, 0.25) is 0 Å². The van der Waals surface area contributed by atoms with Crippen LogP contribution in [0.4, 0.5) is 0 Å². The number of aliphatic hydroxyl groups is 9. The zero-order valence-corrected chi connectivity index (χ0v) is 59.4. The van der Waals surface area contributed by atoms with Gasteiger partial charge in [-0.15, -0.1) is 0 Å². The van der Waals surface area contributed by atoms with E-state index in [0.717, 1.165) is 0 Å². The number of hydrogen-bond donors (Lipinski definition) is 21. The molecule has 21 N–H and O–H groups in total. The normalized spacial score (nSPS) is 26.3. The molecule has 590 valence electrons. The van der Waals surface area contributed by atoms with Gasteiger partial charge in [-0.1, -0.05) is 6.92 Å². The molecule has 3 fully saturated rings. The van der Waals surface area contributed by atoms with Crippen molar-refractivity contribution in [2.24, 2.45) is 5.41 Å². The minimum absolute atomic E-state index is 0.00498. The second-order valence-corrected chi connectivity index (χ2v) is 29.8. The monoisotopic (exact) mass is 1530 g/mol. The fraction of sp³-hybridized carbons (Fsp3) is 0.897. The number of unbranched alkanes of at least 4 members (excludes halogenated alkanes) is 3. The Hall–Kier alpha value is -3.49. The zero-order chi connectivity index (χ0) is 75.2. The van der Waals surface area contributed by atoms with Crippen LogP contribution < -0.4 is 31.9 Å². The smallest absolute Gasteiger partial charge is 0.388 e. The Morgan fingerprint density at radius 2 is 0.624 bits per heavy atom. The Labute approximate surface area is 584 Å². The van der Waals surface area contributed by atoms with Crippen LogP contribution in [0, 0.1) is 5.41 Å². The number of amides is 6. The minimum atomic E-state index is -4.92. The van der Waals surface area contributed by atoms with Gasteiger partial charge in [0.05, 0.1) is 70.8 Å². The zero-order valence-electron chi connectivity index (χ0n) is 56.7. The third-order valence-corrected chi connectivity index (χ3v) is 18.0. The molecule has 0 radical (unpaired) electrons. The molecule has 15 unspecified atom stereocenters. The Morgan fingerprint density at radius 1 is 0.356 bits per heavy atom. The number of phosphoric acid groups is 1. The molecule has 6 amide bonds. The van der Waals surface area contributed by atoms with Crippen molar-refractivity contribution >= 4 is 58.5 Å².